The molecule has 1 atom stereocenters. The molecular formula is C6H8ClN3O2. The summed E-state index contributed by atoms with van der Waals surface area (Å²) in [7, 11) is 1.44. The first-order chi connectivity index (χ1) is 5.61. The van der Waals surface area contributed by atoms with Crippen molar-refractivity contribution in [3.63, 3.8) is 0 Å². The van der Waals surface area contributed by atoms with E-state index in [0.717, 1.165) is 0 Å². The lowest BCUT2D eigenvalue weighted by molar-refractivity contribution is -0.110. The van der Waals surface area contributed by atoms with Crippen LogP contribution in [0.15, 0.2) is 17.0 Å². The largest absolute Gasteiger partial charge is 0.491 e. The summed E-state index contributed by atoms with van der Waals surface area (Å²) in [5.41, 5.74) is 5.41. The Morgan fingerprint density at radius 1 is 1.92 bits per heavy atom. The number of aldehydes is 1. The smallest absolute Gasteiger partial charge is 0.265 e. The minimum Gasteiger partial charge on any atom is -0.491 e. The van der Waals surface area contributed by atoms with Crippen molar-refractivity contribution in [3.8, 4) is 0 Å². The lowest BCUT2D eigenvalue weighted by Gasteiger charge is -2.22. The number of carbonyl (C=O) groups is 1. The van der Waals surface area contributed by atoms with Gasteiger partial charge in [-0.05, 0) is 0 Å². The molecule has 0 amide bonds. The zero-order valence-electron chi connectivity index (χ0n) is 6.37. The Labute approximate surface area is 74.2 Å². The van der Waals surface area contributed by atoms with Gasteiger partial charge in [0, 0.05) is 6.20 Å². The zero-order valence-corrected chi connectivity index (χ0v) is 7.13. The van der Waals surface area contributed by atoms with Crippen molar-refractivity contribution < 1.29 is 9.53 Å². The van der Waals surface area contributed by atoms with Gasteiger partial charge in [0.15, 0.2) is 17.9 Å². The molecule has 1 unspecified atom stereocenters. The Morgan fingerprint density at radius 2 is 2.58 bits per heavy atom. The van der Waals surface area contributed by atoms with Gasteiger partial charge in [-0.3, -0.25) is 4.79 Å². The van der Waals surface area contributed by atoms with E-state index in [-0.39, 0.29) is 5.84 Å². The molecule has 0 spiro atoms. The van der Waals surface area contributed by atoms with Crippen molar-refractivity contribution in [2.75, 3.05) is 7.11 Å². The molecular weight excluding hydrogens is 182 g/mol. The average Bonchev–Trinajstić information content (AvgIpc) is 2.05. The summed E-state index contributed by atoms with van der Waals surface area (Å²) in [6.45, 7) is 0. The quantitative estimate of drug-likeness (QED) is 0.350. The van der Waals surface area contributed by atoms with E-state index in [2.05, 4.69) is 10.3 Å². The van der Waals surface area contributed by atoms with Gasteiger partial charge >= 0.3 is 0 Å². The molecule has 66 valence electrons. The van der Waals surface area contributed by atoms with E-state index in [0.29, 0.717) is 12.0 Å². The Kier molecular flexibility index (Phi) is 2.23. The maximum absolute atomic E-state index is 10.4. The van der Waals surface area contributed by atoms with Gasteiger partial charge in [0.2, 0.25) is 0 Å². The number of aliphatic imine (C=N–C) groups is 1. The monoisotopic (exact) mass is 189 g/mol. The van der Waals surface area contributed by atoms with Crippen molar-refractivity contribution in [2.45, 2.75) is 5.12 Å². The summed E-state index contributed by atoms with van der Waals surface area (Å²) in [6.07, 6.45) is 1.84. The minimum atomic E-state index is -1.48. The average molecular weight is 190 g/mol. The van der Waals surface area contributed by atoms with E-state index in [1.807, 2.05) is 0 Å². The molecule has 1 aliphatic heterocycles. The molecule has 0 aliphatic carbocycles. The molecule has 0 aromatic rings. The lowest BCUT2D eigenvalue weighted by atomic mass is 10.4. The van der Waals surface area contributed by atoms with Gasteiger partial charge in [-0.2, -0.15) is 0 Å². The molecule has 0 aromatic heterocycles. The van der Waals surface area contributed by atoms with Crippen molar-refractivity contribution >= 4 is 23.7 Å². The molecule has 0 saturated carbocycles. The number of methoxy groups -OCH3 is 1. The van der Waals surface area contributed by atoms with Crippen LogP contribution in [0.1, 0.15) is 0 Å². The van der Waals surface area contributed by atoms with E-state index in [9.17, 15) is 4.79 Å². The molecule has 0 saturated heterocycles. The Bertz CT molecular complexity index is 264. The summed E-state index contributed by atoms with van der Waals surface area (Å²) in [5, 5.41) is 1.04. The third kappa shape index (κ3) is 1.50. The van der Waals surface area contributed by atoms with E-state index >= 15 is 0 Å². The van der Waals surface area contributed by atoms with Crippen LogP contribution in [-0.4, -0.2) is 24.4 Å². The van der Waals surface area contributed by atoms with E-state index in [1.165, 1.54) is 13.3 Å². The molecule has 1 heterocycles. The molecule has 12 heavy (non-hydrogen) atoms. The molecule has 5 nitrogen and oxygen atoms in total. The standard InChI is InChI=1S/C6H8ClN3O2/c1-12-4-2-9-6(7,3-11)10-5(4)8/h2-3,9H,1H3,(H2,8,10). The number of ether oxygens (including phenoxy) is 1. The van der Waals surface area contributed by atoms with Gasteiger partial charge < -0.3 is 15.8 Å². The SMILES string of the molecule is COC1=CNC(Cl)(C=O)N=C1N. The zero-order chi connectivity index (χ0) is 9.19. The molecule has 6 heteroatoms. The second-order valence-corrected chi connectivity index (χ2v) is 2.72. The van der Waals surface area contributed by atoms with Gasteiger partial charge in [-0.25, -0.2) is 4.99 Å². The fourth-order valence-corrected chi connectivity index (χ4v) is 0.873. The highest BCUT2D eigenvalue weighted by Gasteiger charge is 2.28. The van der Waals surface area contributed by atoms with Gasteiger partial charge in [0.1, 0.15) is 0 Å². The number of alkyl halides is 1. The normalized spacial score (nSPS) is 28.2. The highest BCUT2D eigenvalue weighted by Crippen LogP contribution is 2.15. The summed E-state index contributed by atoms with van der Waals surface area (Å²) >= 11 is 5.63. The lowest BCUT2D eigenvalue weighted by Crippen LogP contribution is -2.42. The topological polar surface area (TPSA) is 76.7 Å². The maximum atomic E-state index is 10.4. The third-order valence-electron chi connectivity index (χ3n) is 1.32. The summed E-state index contributed by atoms with van der Waals surface area (Å²) < 4.78 is 4.81. The number of amidine groups is 1. The van der Waals surface area contributed by atoms with E-state index in [1.54, 1.807) is 0 Å². The van der Waals surface area contributed by atoms with Gasteiger partial charge in [0.25, 0.3) is 5.12 Å². The van der Waals surface area contributed by atoms with Crippen LogP contribution in [0.3, 0.4) is 0 Å². The molecule has 0 radical (unpaired) electrons. The van der Waals surface area contributed by atoms with Gasteiger partial charge in [0.05, 0.1) is 7.11 Å². The summed E-state index contributed by atoms with van der Waals surface area (Å²) in [4.78, 5) is 14.1. The molecule has 0 aromatic carbocycles. The molecule has 1 rings (SSSR count). The van der Waals surface area contributed by atoms with Crippen LogP contribution in [-0.2, 0) is 9.53 Å². The van der Waals surface area contributed by atoms with Crippen LogP contribution < -0.4 is 11.1 Å². The number of halogens is 1. The predicted molar refractivity (Wildman–Crippen MR) is 44.5 cm³/mol. The van der Waals surface area contributed by atoms with Crippen LogP contribution >= 0.6 is 11.6 Å². The second-order valence-electron chi connectivity index (χ2n) is 2.15. The van der Waals surface area contributed by atoms with Gasteiger partial charge in [-0.15, -0.1) is 0 Å². The number of carbonyl (C=O) groups excluding carboxylic acids is 1. The van der Waals surface area contributed by atoms with Crippen molar-refractivity contribution in [1.29, 1.82) is 0 Å². The number of nitrogens with one attached hydrogen (secondary N) is 1. The minimum absolute atomic E-state index is 0.0957. The third-order valence-corrected chi connectivity index (χ3v) is 1.60. The first kappa shape index (κ1) is 8.86. The van der Waals surface area contributed by atoms with Crippen molar-refractivity contribution in [3.05, 3.63) is 12.0 Å². The second kappa shape index (κ2) is 3.02. The van der Waals surface area contributed by atoms with Crippen LogP contribution in [0.4, 0.5) is 0 Å². The van der Waals surface area contributed by atoms with Crippen LogP contribution in [0.2, 0.25) is 0 Å². The Morgan fingerprint density at radius 3 is 3.00 bits per heavy atom. The number of hydrogen-bond acceptors (Lipinski definition) is 5. The molecule has 1 aliphatic rings. The first-order valence-electron chi connectivity index (χ1n) is 3.14. The van der Waals surface area contributed by atoms with E-state index < -0.39 is 5.12 Å². The summed E-state index contributed by atoms with van der Waals surface area (Å²) in [5.74, 6) is 0.450. The molecule has 3 N–H and O–H groups in total. The van der Waals surface area contributed by atoms with E-state index in [4.69, 9.17) is 22.1 Å². The summed E-state index contributed by atoms with van der Waals surface area (Å²) in [6, 6.07) is 0. The van der Waals surface area contributed by atoms with Crippen LogP contribution in [0.25, 0.3) is 0 Å². The Hall–Kier alpha value is -1.23. The van der Waals surface area contributed by atoms with Crippen molar-refractivity contribution in [1.82, 2.24) is 5.32 Å². The highest BCUT2D eigenvalue weighted by molar-refractivity contribution is 6.32. The molecule has 0 fully saturated rings. The maximum Gasteiger partial charge on any atom is 0.265 e. The number of nitrogens with two attached hydrogens (primary N) is 1. The fraction of sp³-hybridized carbons (Fsp3) is 0.333. The predicted octanol–water partition coefficient (Wildman–Crippen LogP) is -0.474. The van der Waals surface area contributed by atoms with Crippen LogP contribution in [0.5, 0.6) is 0 Å². The molecule has 0 bridgehead atoms. The Balaban J connectivity index is 2.89. The fourth-order valence-electron chi connectivity index (χ4n) is 0.727. The number of rotatable bonds is 2. The first-order valence-corrected chi connectivity index (χ1v) is 3.52. The highest BCUT2D eigenvalue weighted by atomic mass is 35.5. The number of hydrogen-bond donors (Lipinski definition) is 2. The van der Waals surface area contributed by atoms with Gasteiger partial charge in [-0.1, -0.05) is 11.6 Å². The van der Waals surface area contributed by atoms with Crippen LogP contribution in [0, 0.1) is 0 Å². The van der Waals surface area contributed by atoms with Crippen molar-refractivity contribution in [2.24, 2.45) is 10.7 Å². The number of nitrogens with zero attached hydrogens (tertiary/aromatic N) is 1.